The van der Waals surface area contributed by atoms with Crippen molar-refractivity contribution < 1.29 is 0 Å². The van der Waals surface area contributed by atoms with E-state index in [-0.39, 0.29) is 0 Å². The van der Waals surface area contributed by atoms with Crippen LogP contribution in [0.5, 0.6) is 0 Å². The average molecular weight is 253 g/mol. The fourth-order valence-corrected chi connectivity index (χ4v) is 3.42. The normalized spacial score (nSPS) is 27.5. The Morgan fingerprint density at radius 3 is 2.22 bits per heavy atom. The van der Waals surface area contributed by atoms with E-state index in [1.807, 2.05) is 0 Å². The quantitative estimate of drug-likeness (QED) is 0.812. The third-order valence-corrected chi connectivity index (χ3v) is 5.20. The predicted octanol–water partition coefficient (Wildman–Crippen LogP) is 1.92. The SMILES string of the molecule is CCC(C)(CN)CN1CCN(C2CCCC2)CC1. The van der Waals surface area contributed by atoms with Gasteiger partial charge in [0.2, 0.25) is 0 Å². The molecule has 1 unspecified atom stereocenters. The Morgan fingerprint density at radius 2 is 1.72 bits per heavy atom. The maximum Gasteiger partial charge on any atom is 0.0113 e. The molecular weight excluding hydrogens is 222 g/mol. The number of hydrogen-bond donors (Lipinski definition) is 1. The van der Waals surface area contributed by atoms with Crippen molar-refractivity contribution in [3.8, 4) is 0 Å². The molecule has 0 aromatic carbocycles. The lowest BCUT2D eigenvalue weighted by molar-refractivity contribution is 0.0694. The summed E-state index contributed by atoms with van der Waals surface area (Å²) < 4.78 is 0. The molecule has 0 spiro atoms. The van der Waals surface area contributed by atoms with Crippen molar-refractivity contribution in [3.05, 3.63) is 0 Å². The van der Waals surface area contributed by atoms with Gasteiger partial charge < -0.3 is 10.6 Å². The molecule has 1 saturated heterocycles. The molecule has 1 saturated carbocycles. The Hall–Kier alpha value is -0.120. The van der Waals surface area contributed by atoms with E-state index in [1.54, 1.807) is 0 Å². The lowest BCUT2D eigenvalue weighted by Crippen LogP contribution is -2.52. The first kappa shape index (κ1) is 14.3. The molecule has 18 heavy (non-hydrogen) atoms. The molecule has 106 valence electrons. The minimum absolute atomic E-state index is 0.315. The first-order chi connectivity index (χ1) is 8.67. The van der Waals surface area contributed by atoms with Crippen LogP contribution in [-0.2, 0) is 0 Å². The van der Waals surface area contributed by atoms with Crippen molar-refractivity contribution in [1.29, 1.82) is 0 Å². The molecule has 2 aliphatic rings. The fourth-order valence-electron chi connectivity index (χ4n) is 3.42. The minimum atomic E-state index is 0.315. The summed E-state index contributed by atoms with van der Waals surface area (Å²) in [6.45, 7) is 11.6. The highest BCUT2D eigenvalue weighted by Gasteiger charge is 2.29. The maximum absolute atomic E-state index is 5.92. The molecule has 2 N–H and O–H groups in total. The van der Waals surface area contributed by atoms with Crippen LogP contribution in [0.1, 0.15) is 46.0 Å². The standard InChI is InChI=1S/C15H31N3/c1-3-15(2,12-16)13-17-8-10-18(11-9-17)14-6-4-5-7-14/h14H,3-13,16H2,1-2H3. The van der Waals surface area contributed by atoms with Crippen LogP contribution in [0, 0.1) is 5.41 Å². The number of rotatable bonds is 5. The minimum Gasteiger partial charge on any atom is -0.330 e. The largest absolute Gasteiger partial charge is 0.330 e. The van der Waals surface area contributed by atoms with Crippen molar-refractivity contribution in [2.24, 2.45) is 11.1 Å². The van der Waals surface area contributed by atoms with Gasteiger partial charge in [0.25, 0.3) is 0 Å². The lowest BCUT2D eigenvalue weighted by atomic mass is 9.87. The highest BCUT2D eigenvalue weighted by Crippen LogP contribution is 2.26. The number of nitrogens with two attached hydrogens (primary N) is 1. The summed E-state index contributed by atoms with van der Waals surface area (Å²) in [5, 5.41) is 0. The Morgan fingerprint density at radius 1 is 1.11 bits per heavy atom. The zero-order valence-corrected chi connectivity index (χ0v) is 12.3. The highest BCUT2D eigenvalue weighted by molar-refractivity contribution is 4.85. The van der Waals surface area contributed by atoms with Crippen LogP contribution >= 0.6 is 0 Å². The van der Waals surface area contributed by atoms with Gasteiger partial charge in [0.15, 0.2) is 0 Å². The second-order valence-corrected chi connectivity index (χ2v) is 6.62. The summed E-state index contributed by atoms with van der Waals surface area (Å²) in [5.41, 5.74) is 6.24. The summed E-state index contributed by atoms with van der Waals surface area (Å²) in [7, 11) is 0. The Labute approximate surface area is 113 Å². The van der Waals surface area contributed by atoms with Gasteiger partial charge in [0, 0.05) is 38.8 Å². The van der Waals surface area contributed by atoms with Gasteiger partial charge in [-0.1, -0.05) is 26.7 Å². The molecular formula is C15H31N3. The van der Waals surface area contributed by atoms with E-state index in [9.17, 15) is 0 Å². The molecule has 1 heterocycles. The summed E-state index contributed by atoms with van der Waals surface area (Å²) >= 11 is 0. The topological polar surface area (TPSA) is 32.5 Å². The van der Waals surface area contributed by atoms with Crippen LogP contribution in [-0.4, -0.2) is 55.1 Å². The molecule has 0 aromatic heterocycles. The van der Waals surface area contributed by atoms with E-state index in [0.29, 0.717) is 5.41 Å². The van der Waals surface area contributed by atoms with E-state index in [0.717, 1.165) is 12.6 Å². The van der Waals surface area contributed by atoms with Crippen molar-refractivity contribution in [1.82, 2.24) is 9.80 Å². The molecule has 1 atom stereocenters. The Kier molecular flexibility index (Phi) is 5.05. The number of hydrogen-bond acceptors (Lipinski definition) is 3. The first-order valence-electron chi connectivity index (χ1n) is 7.83. The van der Waals surface area contributed by atoms with Crippen LogP contribution < -0.4 is 5.73 Å². The van der Waals surface area contributed by atoms with Crippen molar-refractivity contribution in [3.63, 3.8) is 0 Å². The van der Waals surface area contributed by atoms with Gasteiger partial charge in [-0.2, -0.15) is 0 Å². The molecule has 1 aliphatic carbocycles. The molecule has 0 bridgehead atoms. The fraction of sp³-hybridized carbons (Fsp3) is 1.00. The van der Waals surface area contributed by atoms with Crippen LogP contribution in [0.3, 0.4) is 0 Å². The summed E-state index contributed by atoms with van der Waals surface area (Å²) in [4.78, 5) is 5.36. The number of nitrogens with zero attached hydrogens (tertiary/aromatic N) is 2. The van der Waals surface area contributed by atoms with Gasteiger partial charge in [-0.3, -0.25) is 4.90 Å². The van der Waals surface area contributed by atoms with Crippen LogP contribution in [0.4, 0.5) is 0 Å². The first-order valence-corrected chi connectivity index (χ1v) is 7.83. The van der Waals surface area contributed by atoms with Crippen LogP contribution in [0.2, 0.25) is 0 Å². The van der Waals surface area contributed by atoms with Crippen molar-refractivity contribution in [2.75, 3.05) is 39.3 Å². The van der Waals surface area contributed by atoms with E-state index < -0.39 is 0 Å². The van der Waals surface area contributed by atoms with Crippen LogP contribution in [0.15, 0.2) is 0 Å². The average Bonchev–Trinajstić information content (AvgIpc) is 2.93. The zero-order valence-electron chi connectivity index (χ0n) is 12.3. The summed E-state index contributed by atoms with van der Waals surface area (Å²) in [6.07, 6.45) is 6.97. The third-order valence-electron chi connectivity index (χ3n) is 5.20. The molecule has 0 amide bonds. The Balaban J connectivity index is 1.76. The second-order valence-electron chi connectivity index (χ2n) is 6.62. The molecule has 0 radical (unpaired) electrons. The van der Waals surface area contributed by atoms with E-state index >= 15 is 0 Å². The maximum atomic E-state index is 5.92. The molecule has 3 nitrogen and oxygen atoms in total. The van der Waals surface area contributed by atoms with Gasteiger partial charge in [0.05, 0.1) is 0 Å². The monoisotopic (exact) mass is 253 g/mol. The second kappa shape index (κ2) is 6.36. The summed E-state index contributed by atoms with van der Waals surface area (Å²) in [6, 6.07) is 0.902. The lowest BCUT2D eigenvalue weighted by Gasteiger charge is -2.41. The molecule has 1 aliphatic heterocycles. The van der Waals surface area contributed by atoms with Gasteiger partial charge >= 0.3 is 0 Å². The van der Waals surface area contributed by atoms with Crippen molar-refractivity contribution in [2.45, 2.75) is 52.0 Å². The van der Waals surface area contributed by atoms with Gasteiger partial charge in [-0.15, -0.1) is 0 Å². The number of piperazine rings is 1. The highest BCUT2D eigenvalue weighted by atomic mass is 15.3. The molecule has 2 fully saturated rings. The Bertz CT molecular complexity index is 236. The van der Waals surface area contributed by atoms with Gasteiger partial charge in [-0.25, -0.2) is 0 Å². The predicted molar refractivity (Wildman–Crippen MR) is 77.7 cm³/mol. The van der Waals surface area contributed by atoms with Crippen LogP contribution in [0.25, 0.3) is 0 Å². The smallest absolute Gasteiger partial charge is 0.0113 e. The summed E-state index contributed by atoms with van der Waals surface area (Å²) in [5.74, 6) is 0. The van der Waals surface area contributed by atoms with Gasteiger partial charge in [-0.05, 0) is 31.2 Å². The van der Waals surface area contributed by atoms with E-state index in [4.69, 9.17) is 5.73 Å². The van der Waals surface area contributed by atoms with E-state index in [2.05, 4.69) is 23.6 Å². The molecule has 0 aromatic rings. The molecule has 3 heteroatoms. The third kappa shape index (κ3) is 3.46. The molecule has 2 rings (SSSR count). The zero-order chi connectivity index (χ0) is 13.0. The van der Waals surface area contributed by atoms with E-state index in [1.165, 1.54) is 64.8 Å². The van der Waals surface area contributed by atoms with Gasteiger partial charge in [0.1, 0.15) is 0 Å². The van der Waals surface area contributed by atoms with Crippen molar-refractivity contribution >= 4 is 0 Å².